The second-order valence-corrected chi connectivity index (χ2v) is 4.46. The van der Waals surface area contributed by atoms with Gasteiger partial charge in [0.1, 0.15) is 0 Å². The summed E-state index contributed by atoms with van der Waals surface area (Å²) < 4.78 is 31.6. The molecular weight excluding hydrogens is 224 g/mol. The average molecular weight is 241 g/mol. The molecule has 1 aromatic carbocycles. The molecule has 0 amide bonds. The number of benzene rings is 1. The number of ether oxygens (including phenoxy) is 1. The Balaban J connectivity index is 1.88. The smallest absolute Gasteiger partial charge is 0.163 e. The molecule has 0 bridgehead atoms. The van der Waals surface area contributed by atoms with Gasteiger partial charge in [-0.2, -0.15) is 0 Å². The van der Waals surface area contributed by atoms with Crippen molar-refractivity contribution in [3.05, 3.63) is 35.4 Å². The number of nitrogens with one attached hydrogen (secondary N) is 1. The third-order valence-electron chi connectivity index (χ3n) is 3.33. The largest absolute Gasteiger partial charge is 0.381 e. The lowest BCUT2D eigenvalue weighted by molar-refractivity contribution is 0.107. The summed E-state index contributed by atoms with van der Waals surface area (Å²) in [6.45, 7) is 0.366. The standard InChI is InChI=1S/C13H17F2NO/c1-17-11-6-5-10(7-11)16-8-9-3-2-4-12(14)13(9)15/h2-4,10-11,16H,5-8H2,1H3. The minimum atomic E-state index is -0.787. The molecule has 2 unspecified atom stereocenters. The number of hydrogen-bond donors (Lipinski definition) is 1. The highest BCUT2D eigenvalue weighted by Crippen LogP contribution is 2.22. The van der Waals surface area contributed by atoms with Crippen molar-refractivity contribution in [1.29, 1.82) is 0 Å². The first-order valence-electron chi connectivity index (χ1n) is 5.89. The zero-order valence-corrected chi connectivity index (χ0v) is 9.88. The molecule has 17 heavy (non-hydrogen) atoms. The Morgan fingerprint density at radius 2 is 2.18 bits per heavy atom. The van der Waals surface area contributed by atoms with Gasteiger partial charge in [-0.25, -0.2) is 8.78 Å². The summed E-state index contributed by atoms with van der Waals surface area (Å²) in [6, 6.07) is 4.61. The van der Waals surface area contributed by atoms with Crippen molar-refractivity contribution in [2.75, 3.05) is 7.11 Å². The molecule has 2 atom stereocenters. The minimum absolute atomic E-state index is 0.296. The van der Waals surface area contributed by atoms with E-state index in [9.17, 15) is 8.78 Å². The molecule has 2 nitrogen and oxygen atoms in total. The van der Waals surface area contributed by atoms with Crippen LogP contribution in [0.4, 0.5) is 8.78 Å². The molecule has 1 aromatic rings. The highest BCUT2D eigenvalue weighted by Gasteiger charge is 2.24. The lowest BCUT2D eigenvalue weighted by Gasteiger charge is -2.13. The maximum Gasteiger partial charge on any atom is 0.163 e. The first-order valence-corrected chi connectivity index (χ1v) is 5.89. The van der Waals surface area contributed by atoms with E-state index in [1.165, 1.54) is 6.07 Å². The minimum Gasteiger partial charge on any atom is -0.381 e. The SMILES string of the molecule is COC1CCC(NCc2cccc(F)c2F)C1. The molecule has 1 aliphatic rings. The van der Waals surface area contributed by atoms with Crippen LogP contribution in [0.2, 0.25) is 0 Å². The highest BCUT2D eigenvalue weighted by molar-refractivity contribution is 5.18. The number of hydrogen-bond acceptors (Lipinski definition) is 2. The van der Waals surface area contributed by atoms with Crippen molar-refractivity contribution < 1.29 is 13.5 Å². The van der Waals surface area contributed by atoms with E-state index in [1.807, 2.05) is 0 Å². The highest BCUT2D eigenvalue weighted by atomic mass is 19.2. The molecule has 1 N–H and O–H groups in total. The molecule has 1 aliphatic carbocycles. The lowest BCUT2D eigenvalue weighted by atomic mass is 10.2. The fraction of sp³-hybridized carbons (Fsp3) is 0.538. The van der Waals surface area contributed by atoms with E-state index in [-0.39, 0.29) is 0 Å². The van der Waals surface area contributed by atoms with E-state index >= 15 is 0 Å². The normalized spacial score (nSPS) is 24.2. The van der Waals surface area contributed by atoms with E-state index < -0.39 is 11.6 Å². The van der Waals surface area contributed by atoms with E-state index in [0.29, 0.717) is 24.3 Å². The van der Waals surface area contributed by atoms with Crippen LogP contribution in [0.25, 0.3) is 0 Å². The molecule has 0 heterocycles. The summed E-state index contributed by atoms with van der Waals surface area (Å²) >= 11 is 0. The molecule has 2 rings (SSSR count). The average Bonchev–Trinajstić information content (AvgIpc) is 2.79. The Hall–Kier alpha value is -1.00. The van der Waals surface area contributed by atoms with Gasteiger partial charge in [0.05, 0.1) is 6.10 Å². The van der Waals surface area contributed by atoms with E-state index in [2.05, 4.69) is 5.32 Å². The third kappa shape index (κ3) is 3.01. The van der Waals surface area contributed by atoms with Crippen LogP contribution in [0.3, 0.4) is 0 Å². The molecule has 1 fully saturated rings. The van der Waals surface area contributed by atoms with Crippen molar-refractivity contribution in [1.82, 2.24) is 5.32 Å². The van der Waals surface area contributed by atoms with Crippen LogP contribution >= 0.6 is 0 Å². The summed E-state index contributed by atoms with van der Waals surface area (Å²) in [5.74, 6) is -1.54. The Morgan fingerprint density at radius 1 is 1.35 bits per heavy atom. The van der Waals surface area contributed by atoms with Crippen molar-refractivity contribution in [2.45, 2.75) is 38.0 Å². The molecule has 4 heteroatoms. The zero-order valence-electron chi connectivity index (χ0n) is 9.88. The van der Waals surface area contributed by atoms with Crippen LogP contribution in [0, 0.1) is 11.6 Å². The van der Waals surface area contributed by atoms with Gasteiger partial charge in [0.15, 0.2) is 11.6 Å². The van der Waals surface area contributed by atoms with Gasteiger partial charge in [0.25, 0.3) is 0 Å². The molecular formula is C13H17F2NO. The fourth-order valence-electron chi connectivity index (χ4n) is 2.28. The summed E-state index contributed by atoms with van der Waals surface area (Å²) in [7, 11) is 1.71. The topological polar surface area (TPSA) is 21.3 Å². The van der Waals surface area contributed by atoms with Crippen molar-refractivity contribution in [3.8, 4) is 0 Å². The summed E-state index contributed by atoms with van der Waals surface area (Å²) in [5, 5.41) is 3.24. The van der Waals surface area contributed by atoms with Gasteiger partial charge in [0, 0.05) is 25.3 Å². The van der Waals surface area contributed by atoms with Crippen molar-refractivity contribution in [3.63, 3.8) is 0 Å². The van der Waals surface area contributed by atoms with Crippen LogP contribution in [-0.2, 0) is 11.3 Å². The van der Waals surface area contributed by atoms with E-state index in [0.717, 1.165) is 25.3 Å². The number of methoxy groups -OCH3 is 1. The van der Waals surface area contributed by atoms with E-state index in [1.54, 1.807) is 13.2 Å². The Morgan fingerprint density at radius 3 is 2.88 bits per heavy atom. The molecule has 0 radical (unpaired) electrons. The van der Waals surface area contributed by atoms with Gasteiger partial charge in [-0.05, 0) is 25.3 Å². The molecule has 0 saturated heterocycles. The maximum atomic E-state index is 13.4. The Kier molecular flexibility index (Phi) is 4.07. The van der Waals surface area contributed by atoms with Crippen molar-refractivity contribution >= 4 is 0 Å². The monoisotopic (exact) mass is 241 g/mol. The third-order valence-corrected chi connectivity index (χ3v) is 3.33. The van der Waals surface area contributed by atoms with Crippen LogP contribution < -0.4 is 5.32 Å². The second-order valence-electron chi connectivity index (χ2n) is 4.46. The first kappa shape index (κ1) is 12.5. The van der Waals surface area contributed by atoms with Gasteiger partial charge in [-0.3, -0.25) is 0 Å². The fourth-order valence-corrected chi connectivity index (χ4v) is 2.28. The lowest BCUT2D eigenvalue weighted by Crippen LogP contribution is -2.27. The predicted molar refractivity (Wildman–Crippen MR) is 61.6 cm³/mol. The molecule has 0 aromatic heterocycles. The Bertz CT molecular complexity index is 384. The summed E-state index contributed by atoms with van der Waals surface area (Å²) in [5.41, 5.74) is 0.380. The van der Waals surface area contributed by atoms with Crippen LogP contribution in [0.15, 0.2) is 18.2 Å². The quantitative estimate of drug-likeness (QED) is 0.875. The number of halogens is 2. The van der Waals surface area contributed by atoms with Gasteiger partial charge in [-0.1, -0.05) is 12.1 Å². The maximum absolute atomic E-state index is 13.4. The molecule has 0 aliphatic heterocycles. The van der Waals surface area contributed by atoms with Crippen molar-refractivity contribution in [2.24, 2.45) is 0 Å². The van der Waals surface area contributed by atoms with Gasteiger partial charge >= 0.3 is 0 Å². The van der Waals surface area contributed by atoms with Crippen LogP contribution in [0.1, 0.15) is 24.8 Å². The van der Waals surface area contributed by atoms with Crippen LogP contribution in [-0.4, -0.2) is 19.3 Å². The van der Waals surface area contributed by atoms with Gasteiger partial charge in [-0.15, -0.1) is 0 Å². The molecule has 1 saturated carbocycles. The zero-order chi connectivity index (χ0) is 12.3. The molecule has 0 spiro atoms. The first-order chi connectivity index (χ1) is 8.20. The van der Waals surface area contributed by atoms with Gasteiger partial charge in [0.2, 0.25) is 0 Å². The predicted octanol–water partition coefficient (Wildman–Crippen LogP) is 2.62. The van der Waals surface area contributed by atoms with E-state index in [4.69, 9.17) is 4.74 Å². The summed E-state index contributed by atoms with van der Waals surface area (Å²) in [4.78, 5) is 0. The summed E-state index contributed by atoms with van der Waals surface area (Å²) in [6.07, 6.45) is 3.28. The molecule has 94 valence electrons. The number of rotatable bonds is 4. The van der Waals surface area contributed by atoms with Crippen LogP contribution in [0.5, 0.6) is 0 Å². The Labute approximate surface area is 100.0 Å². The second kappa shape index (κ2) is 5.56. The van der Waals surface area contributed by atoms with Gasteiger partial charge < -0.3 is 10.1 Å².